The average Bonchev–Trinajstić information content (AvgIpc) is 2.46. The molecule has 0 aromatic carbocycles. The molecule has 0 saturated heterocycles. The van der Waals surface area contributed by atoms with Gasteiger partial charge < -0.3 is 40.1 Å². The van der Waals surface area contributed by atoms with Crippen LogP contribution in [0.2, 0.25) is 0 Å². The molecule has 6 N–H and O–H groups in total. The van der Waals surface area contributed by atoms with Crippen LogP contribution in [0.15, 0.2) is 0 Å². The molecule has 0 radical (unpaired) electrons. The highest BCUT2D eigenvalue weighted by molar-refractivity contribution is 5.86. The largest absolute Gasteiger partial charge is 0.481 e. The van der Waals surface area contributed by atoms with Crippen molar-refractivity contribution in [3.63, 3.8) is 0 Å². The summed E-state index contributed by atoms with van der Waals surface area (Å²) in [5, 5.41) is 52.8. The first-order chi connectivity index (χ1) is 11.9. The average molecular weight is 382 g/mol. The smallest absolute Gasteiger partial charge is 0.336 e. The van der Waals surface area contributed by atoms with Crippen LogP contribution in [0, 0.1) is 0 Å². The maximum atomic E-state index is 11.2. The number of aliphatic carboxylic acids is 6. The number of ether oxygens (including phenoxy) is 2. The fourth-order valence-corrected chi connectivity index (χ4v) is 1.58. The van der Waals surface area contributed by atoms with E-state index in [2.05, 4.69) is 9.47 Å². The van der Waals surface area contributed by atoms with E-state index in [1.165, 1.54) is 0 Å². The lowest BCUT2D eigenvalue weighted by atomic mass is 10.1. The molecule has 0 heterocycles. The first-order valence-corrected chi connectivity index (χ1v) is 6.52. The van der Waals surface area contributed by atoms with E-state index >= 15 is 0 Å². The maximum Gasteiger partial charge on any atom is 0.336 e. The van der Waals surface area contributed by atoms with Crippen molar-refractivity contribution < 1.29 is 68.9 Å². The maximum absolute atomic E-state index is 11.2. The van der Waals surface area contributed by atoms with Gasteiger partial charge in [-0.2, -0.15) is 0 Å². The summed E-state index contributed by atoms with van der Waals surface area (Å²) in [6, 6.07) is 0. The van der Waals surface area contributed by atoms with Gasteiger partial charge in [-0.1, -0.05) is 0 Å². The number of carboxylic acid groups (broad SMARTS) is 6. The molecule has 0 spiro atoms. The second-order valence-corrected chi connectivity index (χ2v) is 4.64. The van der Waals surface area contributed by atoms with Gasteiger partial charge >= 0.3 is 35.8 Å². The van der Waals surface area contributed by atoms with E-state index in [-0.39, 0.29) is 0 Å². The van der Waals surface area contributed by atoms with Crippen molar-refractivity contribution in [3.8, 4) is 0 Å². The second kappa shape index (κ2) is 9.90. The molecular formula is C12H14O14. The van der Waals surface area contributed by atoms with Crippen LogP contribution < -0.4 is 0 Å². The lowest BCUT2D eigenvalue weighted by Gasteiger charge is -2.25. The molecule has 0 aromatic rings. The zero-order chi connectivity index (χ0) is 20.6. The zero-order valence-corrected chi connectivity index (χ0v) is 12.7. The molecule has 0 aliphatic carbocycles. The van der Waals surface area contributed by atoms with Crippen molar-refractivity contribution >= 4 is 35.8 Å². The van der Waals surface area contributed by atoms with Crippen LogP contribution in [0.5, 0.6) is 0 Å². The Kier molecular flexibility index (Phi) is 8.66. The monoisotopic (exact) mass is 382 g/mol. The molecule has 0 bridgehead atoms. The Labute approximate surface area is 143 Å². The lowest BCUT2D eigenvalue weighted by molar-refractivity contribution is -0.198. The van der Waals surface area contributed by atoms with Gasteiger partial charge in [0.25, 0.3) is 0 Å². The molecule has 14 heteroatoms. The summed E-state index contributed by atoms with van der Waals surface area (Å²) in [7, 11) is 0. The highest BCUT2D eigenvalue weighted by Gasteiger charge is 2.42. The third-order valence-electron chi connectivity index (χ3n) is 2.65. The summed E-state index contributed by atoms with van der Waals surface area (Å²) in [5.41, 5.74) is 0. The van der Waals surface area contributed by atoms with Gasteiger partial charge in [-0.25, -0.2) is 19.2 Å². The van der Waals surface area contributed by atoms with Gasteiger partial charge in [0.1, 0.15) is 0 Å². The van der Waals surface area contributed by atoms with Crippen molar-refractivity contribution in [2.45, 2.75) is 37.3 Å². The molecule has 0 fully saturated rings. The number of hydrogen-bond acceptors (Lipinski definition) is 8. The molecule has 4 atom stereocenters. The SMILES string of the molecule is O=C(O)CC(OC(C(=O)O)C(OC(CC(=O)O)C(=O)O)C(=O)O)C(=O)O. The van der Waals surface area contributed by atoms with E-state index in [9.17, 15) is 28.8 Å². The van der Waals surface area contributed by atoms with Gasteiger partial charge in [-0.3, -0.25) is 9.59 Å². The molecule has 14 nitrogen and oxygen atoms in total. The van der Waals surface area contributed by atoms with Crippen LogP contribution in [0.4, 0.5) is 0 Å². The summed E-state index contributed by atoms with van der Waals surface area (Å²) >= 11 is 0. The van der Waals surface area contributed by atoms with Crippen LogP contribution in [0.25, 0.3) is 0 Å². The van der Waals surface area contributed by atoms with E-state index in [1.807, 2.05) is 0 Å². The zero-order valence-electron chi connectivity index (χ0n) is 12.7. The fourth-order valence-electron chi connectivity index (χ4n) is 1.58. The third-order valence-corrected chi connectivity index (χ3v) is 2.65. The van der Waals surface area contributed by atoms with Gasteiger partial charge in [0.05, 0.1) is 12.8 Å². The van der Waals surface area contributed by atoms with E-state index < -0.39 is 73.1 Å². The molecule has 146 valence electrons. The van der Waals surface area contributed by atoms with E-state index in [0.717, 1.165) is 0 Å². The molecule has 0 saturated carbocycles. The third kappa shape index (κ3) is 7.54. The Balaban J connectivity index is 5.63. The molecule has 0 amide bonds. The van der Waals surface area contributed by atoms with Gasteiger partial charge in [0.2, 0.25) is 0 Å². The molecule has 0 aliphatic rings. The standard InChI is InChI=1S/C12H14O14/c13-5(14)1-3(9(17)18)25-7(11(21)22)8(12(23)24)26-4(10(19)20)2-6(15)16/h3-4,7-8H,1-2H2,(H,13,14)(H,15,16)(H,17,18)(H,19,20)(H,21,22)(H,23,24). The summed E-state index contributed by atoms with van der Waals surface area (Å²) in [6.45, 7) is 0. The van der Waals surface area contributed by atoms with Crippen molar-refractivity contribution in [1.82, 2.24) is 0 Å². The van der Waals surface area contributed by atoms with Crippen molar-refractivity contribution in [2.24, 2.45) is 0 Å². The summed E-state index contributed by atoms with van der Waals surface area (Å²) in [4.78, 5) is 65.4. The summed E-state index contributed by atoms with van der Waals surface area (Å²) < 4.78 is 8.93. The first kappa shape index (κ1) is 22.7. The minimum Gasteiger partial charge on any atom is -0.481 e. The molecule has 0 aromatic heterocycles. The van der Waals surface area contributed by atoms with Crippen molar-refractivity contribution in [2.75, 3.05) is 0 Å². The quantitative estimate of drug-likeness (QED) is 0.198. The van der Waals surface area contributed by atoms with Gasteiger partial charge in [0, 0.05) is 0 Å². The minimum atomic E-state index is -2.64. The van der Waals surface area contributed by atoms with Crippen LogP contribution >= 0.6 is 0 Å². The molecule has 4 unspecified atom stereocenters. The number of carboxylic acids is 6. The normalized spacial score (nSPS) is 15.2. The minimum absolute atomic E-state index is 1.23. The van der Waals surface area contributed by atoms with Crippen LogP contribution in [0.1, 0.15) is 12.8 Å². The summed E-state index contributed by atoms with van der Waals surface area (Å²) in [5.74, 6) is -11.5. The highest BCUT2D eigenvalue weighted by Crippen LogP contribution is 2.15. The first-order valence-electron chi connectivity index (χ1n) is 6.52. The van der Waals surface area contributed by atoms with Crippen LogP contribution in [0.3, 0.4) is 0 Å². The number of carbonyl (C=O) groups is 6. The Morgan fingerprint density at radius 2 is 0.808 bits per heavy atom. The Hall–Kier alpha value is -3.26. The molecular weight excluding hydrogens is 368 g/mol. The van der Waals surface area contributed by atoms with Crippen molar-refractivity contribution in [3.05, 3.63) is 0 Å². The topological polar surface area (TPSA) is 242 Å². The summed E-state index contributed by atoms with van der Waals surface area (Å²) in [6.07, 6.45) is -12.3. The fraction of sp³-hybridized carbons (Fsp3) is 0.500. The van der Waals surface area contributed by atoms with Crippen LogP contribution in [-0.2, 0) is 38.2 Å². The highest BCUT2D eigenvalue weighted by atomic mass is 16.6. The van der Waals surface area contributed by atoms with Gasteiger partial charge in [-0.05, 0) is 0 Å². The lowest BCUT2D eigenvalue weighted by Crippen LogP contribution is -2.49. The molecule has 0 aliphatic heterocycles. The predicted octanol–water partition coefficient (Wildman–Crippen LogP) is -2.22. The van der Waals surface area contributed by atoms with Crippen molar-refractivity contribution in [1.29, 1.82) is 0 Å². The van der Waals surface area contributed by atoms with Gasteiger partial charge in [0.15, 0.2) is 24.4 Å². The second-order valence-electron chi connectivity index (χ2n) is 4.64. The van der Waals surface area contributed by atoms with E-state index in [0.29, 0.717) is 0 Å². The van der Waals surface area contributed by atoms with E-state index in [1.54, 1.807) is 0 Å². The molecule has 0 rings (SSSR count). The van der Waals surface area contributed by atoms with Crippen LogP contribution in [-0.4, -0.2) is 90.9 Å². The predicted molar refractivity (Wildman–Crippen MR) is 72.4 cm³/mol. The van der Waals surface area contributed by atoms with Gasteiger partial charge in [-0.15, -0.1) is 0 Å². The Morgan fingerprint density at radius 3 is 0.962 bits per heavy atom. The molecule has 26 heavy (non-hydrogen) atoms. The number of hydrogen-bond donors (Lipinski definition) is 6. The number of rotatable bonds is 13. The Bertz CT molecular complexity index is 543. The van der Waals surface area contributed by atoms with E-state index in [4.69, 9.17) is 30.6 Å². The Morgan fingerprint density at radius 1 is 0.538 bits per heavy atom.